The van der Waals surface area contributed by atoms with Gasteiger partial charge in [-0.1, -0.05) is 23.4 Å². The number of amides is 1. The minimum atomic E-state index is -0.108. The Labute approximate surface area is 128 Å². The number of nitrogens with zero attached hydrogens (tertiary/aromatic N) is 2. The molecule has 0 bridgehead atoms. The molecule has 1 saturated heterocycles. The second-order valence-corrected chi connectivity index (χ2v) is 5.07. The zero-order valence-corrected chi connectivity index (χ0v) is 12.1. The lowest BCUT2D eigenvalue weighted by molar-refractivity contribution is -0.123. The fraction of sp³-hybridized carbons (Fsp3) is 0.400. The first kappa shape index (κ1) is 14.5. The van der Waals surface area contributed by atoms with Gasteiger partial charge in [0.1, 0.15) is 5.75 Å². The second kappa shape index (κ2) is 7.04. The van der Waals surface area contributed by atoms with Crippen LogP contribution in [-0.2, 0) is 17.9 Å². The normalized spacial score (nSPS) is 17.4. The molecular weight excluding hydrogens is 284 g/mol. The summed E-state index contributed by atoms with van der Waals surface area (Å²) in [7, 11) is 0. The van der Waals surface area contributed by atoms with Crippen molar-refractivity contribution in [1.29, 1.82) is 0 Å². The molecule has 1 unspecified atom stereocenters. The molecule has 1 aromatic heterocycles. The molecule has 0 aliphatic carbocycles. The number of hydrogen-bond acceptors (Lipinski definition) is 6. The Morgan fingerprint density at radius 1 is 1.41 bits per heavy atom. The lowest BCUT2D eigenvalue weighted by atomic mass is 10.2. The van der Waals surface area contributed by atoms with Gasteiger partial charge >= 0.3 is 0 Å². The molecule has 2 heterocycles. The lowest BCUT2D eigenvalue weighted by Crippen LogP contribution is -2.40. The van der Waals surface area contributed by atoms with Gasteiger partial charge in [0.15, 0.2) is 6.61 Å². The molecule has 7 heteroatoms. The highest BCUT2D eigenvalue weighted by Gasteiger charge is 2.22. The third-order valence-corrected chi connectivity index (χ3v) is 3.41. The van der Waals surface area contributed by atoms with Crippen molar-refractivity contribution in [2.45, 2.75) is 32.0 Å². The molecule has 0 radical (unpaired) electrons. The first-order chi connectivity index (χ1) is 10.8. The molecule has 1 aromatic carbocycles. The number of ether oxygens (including phenoxy) is 1. The molecular formula is C15H18N4O3. The van der Waals surface area contributed by atoms with Gasteiger partial charge in [0.2, 0.25) is 17.6 Å². The highest BCUT2D eigenvalue weighted by molar-refractivity contribution is 5.81. The average Bonchev–Trinajstić information content (AvgIpc) is 3.23. The van der Waals surface area contributed by atoms with Gasteiger partial charge in [-0.3, -0.25) is 4.79 Å². The molecule has 0 spiro atoms. The van der Waals surface area contributed by atoms with Gasteiger partial charge in [0.05, 0.1) is 12.6 Å². The molecule has 7 nitrogen and oxygen atoms in total. The zero-order valence-electron chi connectivity index (χ0n) is 12.1. The maximum Gasteiger partial charge on any atom is 0.246 e. The maximum absolute atomic E-state index is 11.8. The Bertz CT molecular complexity index is 608. The Kier molecular flexibility index (Phi) is 4.65. The SMILES string of the molecule is O=C(NCc1nc(COc2ccccc2)no1)C1CCCN1. The predicted octanol–water partition coefficient (Wildman–Crippen LogP) is 1.02. The van der Waals surface area contributed by atoms with Crippen LogP contribution in [-0.4, -0.2) is 28.6 Å². The van der Waals surface area contributed by atoms with Crippen molar-refractivity contribution in [1.82, 2.24) is 20.8 Å². The number of benzene rings is 1. The van der Waals surface area contributed by atoms with Crippen LogP contribution in [0.4, 0.5) is 0 Å². The highest BCUT2D eigenvalue weighted by Crippen LogP contribution is 2.10. The van der Waals surface area contributed by atoms with E-state index in [4.69, 9.17) is 9.26 Å². The Morgan fingerprint density at radius 3 is 3.05 bits per heavy atom. The third-order valence-electron chi connectivity index (χ3n) is 3.41. The van der Waals surface area contributed by atoms with Gasteiger partial charge in [-0.05, 0) is 31.5 Å². The standard InChI is InChI=1S/C15H18N4O3/c20-15(12-7-4-8-16-12)17-9-14-18-13(19-22-14)10-21-11-5-2-1-3-6-11/h1-3,5-6,12,16H,4,7-10H2,(H,17,20). The molecule has 1 atom stereocenters. The van der Waals surface area contributed by atoms with Crippen LogP contribution in [0, 0.1) is 0 Å². The van der Waals surface area contributed by atoms with Crippen LogP contribution in [0.1, 0.15) is 24.6 Å². The van der Waals surface area contributed by atoms with E-state index in [1.165, 1.54) is 0 Å². The molecule has 1 aliphatic rings. The number of carbonyl (C=O) groups excluding carboxylic acids is 1. The van der Waals surface area contributed by atoms with Crippen LogP contribution in [0.3, 0.4) is 0 Å². The summed E-state index contributed by atoms with van der Waals surface area (Å²) in [5, 5.41) is 9.76. The van der Waals surface area contributed by atoms with Crippen molar-refractivity contribution in [3.63, 3.8) is 0 Å². The van der Waals surface area contributed by atoms with E-state index in [9.17, 15) is 4.79 Å². The van der Waals surface area contributed by atoms with Crippen LogP contribution in [0.25, 0.3) is 0 Å². The fourth-order valence-corrected chi connectivity index (χ4v) is 2.28. The summed E-state index contributed by atoms with van der Waals surface area (Å²) in [4.78, 5) is 16.0. The van der Waals surface area contributed by atoms with Crippen molar-refractivity contribution in [2.24, 2.45) is 0 Å². The summed E-state index contributed by atoms with van der Waals surface area (Å²) in [6, 6.07) is 9.31. The van der Waals surface area contributed by atoms with E-state index in [1.54, 1.807) is 0 Å². The number of aromatic nitrogens is 2. The third kappa shape index (κ3) is 3.82. The average molecular weight is 302 g/mol. The molecule has 2 N–H and O–H groups in total. The van der Waals surface area contributed by atoms with Gasteiger partial charge < -0.3 is 19.9 Å². The van der Waals surface area contributed by atoms with Crippen molar-refractivity contribution in [3.05, 3.63) is 42.0 Å². The molecule has 116 valence electrons. The van der Waals surface area contributed by atoms with E-state index in [2.05, 4.69) is 20.8 Å². The van der Waals surface area contributed by atoms with Crippen LogP contribution in [0.2, 0.25) is 0 Å². The first-order valence-corrected chi connectivity index (χ1v) is 7.31. The van der Waals surface area contributed by atoms with E-state index < -0.39 is 0 Å². The van der Waals surface area contributed by atoms with Gasteiger partial charge in [0.25, 0.3) is 0 Å². The van der Waals surface area contributed by atoms with E-state index in [0.717, 1.165) is 25.1 Å². The maximum atomic E-state index is 11.8. The summed E-state index contributed by atoms with van der Waals surface area (Å²) in [6.07, 6.45) is 1.89. The lowest BCUT2D eigenvalue weighted by Gasteiger charge is -2.08. The van der Waals surface area contributed by atoms with Crippen LogP contribution in [0.5, 0.6) is 5.75 Å². The summed E-state index contributed by atoms with van der Waals surface area (Å²) in [6.45, 7) is 1.35. The Morgan fingerprint density at radius 2 is 2.27 bits per heavy atom. The zero-order chi connectivity index (χ0) is 15.2. The largest absolute Gasteiger partial charge is 0.485 e. The molecule has 3 rings (SSSR count). The minimum absolute atomic E-state index is 0.0298. The molecule has 1 aliphatic heterocycles. The molecule has 22 heavy (non-hydrogen) atoms. The molecule has 1 amide bonds. The van der Waals surface area contributed by atoms with E-state index in [1.807, 2.05) is 30.3 Å². The number of hydrogen-bond donors (Lipinski definition) is 2. The number of rotatable bonds is 6. The van der Waals surface area contributed by atoms with E-state index in [0.29, 0.717) is 11.7 Å². The number of nitrogens with one attached hydrogen (secondary N) is 2. The van der Waals surface area contributed by atoms with Crippen molar-refractivity contribution < 1.29 is 14.1 Å². The molecule has 0 saturated carbocycles. The topological polar surface area (TPSA) is 89.3 Å². The van der Waals surface area contributed by atoms with Crippen LogP contribution >= 0.6 is 0 Å². The Hall–Kier alpha value is -2.41. The monoisotopic (exact) mass is 302 g/mol. The number of carbonyl (C=O) groups is 1. The molecule has 1 fully saturated rings. The summed E-state index contributed by atoms with van der Waals surface area (Å²) < 4.78 is 10.6. The quantitative estimate of drug-likeness (QED) is 0.828. The van der Waals surface area contributed by atoms with E-state index in [-0.39, 0.29) is 25.1 Å². The minimum Gasteiger partial charge on any atom is -0.485 e. The summed E-state index contributed by atoms with van der Waals surface area (Å²) in [5.74, 6) is 1.54. The Balaban J connectivity index is 1.45. The highest BCUT2D eigenvalue weighted by atomic mass is 16.5. The fourth-order valence-electron chi connectivity index (χ4n) is 2.28. The van der Waals surface area contributed by atoms with Gasteiger partial charge in [0, 0.05) is 0 Å². The summed E-state index contributed by atoms with van der Waals surface area (Å²) >= 11 is 0. The summed E-state index contributed by atoms with van der Waals surface area (Å²) in [5.41, 5.74) is 0. The van der Waals surface area contributed by atoms with Crippen molar-refractivity contribution in [3.8, 4) is 5.75 Å². The van der Waals surface area contributed by atoms with Gasteiger partial charge in [-0.2, -0.15) is 4.98 Å². The van der Waals surface area contributed by atoms with Gasteiger partial charge in [-0.15, -0.1) is 0 Å². The van der Waals surface area contributed by atoms with Crippen LogP contribution in [0.15, 0.2) is 34.9 Å². The van der Waals surface area contributed by atoms with Crippen molar-refractivity contribution in [2.75, 3.05) is 6.54 Å². The van der Waals surface area contributed by atoms with Crippen LogP contribution < -0.4 is 15.4 Å². The second-order valence-electron chi connectivity index (χ2n) is 5.07. The van der Waals surface area contributed by atoms with Crippen molar-refractivity contribution >= 4 is 5.91 Å². The smallest absolute Gasteiger partial charge is 0.246 e. The molecule has 2 aromatic rings. The first-order valence-electron chi connectivity index (χ1n) is 7.31. The number of para-hydroxylation sites is 1. The predicted molar refractivity (Wildman–Crippen MR) is 77.9 cm³/mol. The van der Waals surface area contributed by atoms with E-state index >= 15 is 0 Å². The van der Waals surface area contributed by atoms with Gasteiger partial charge in [-0.25, -0.2) is 0 Å².